The summed E-state index contributed by atoms with van der Waals surface area (Å²) < 4.78 is 0. The highest BCUT2D eigenvalue weighted by Crippen LogP contribution is 2.17. The van der Waals surface area contributed by atoms with Crippen LogP contribution in [0.2, 0.25) is 0 Å². The Hall–Kier alpha value is -1.11. The molecule has 0 amide bonds. The molecule has 0 aliphatic heterocycles. The first-order valence-corrected chi connectivity index (χ1v) is 13.8. The minimum atomic E-state index is 0. The van der Waals surface area contributed by atoms with Gasteiger partial charge in [-0.25, -0.2) is 9.97 Å². The average molecular weight is 488 g/mol. The molecule has 3 heterocycles. The lowest BCUT2D eigenvalue weighted by molar-refractivity contribution is 0.833. The van der Waals surface area contributed by atoms with Crippen molar-refractivity contribution in [2.45, 2.75) is 108 Å². The van der Waals surface area contributed by atoms with E-state index in [2.05, 4.69) is 61.9 Å². The van der Waals surface area contributed by atoms with Crippen molar-refractivity contribution in [3.63, 3.8) is 0 Å². The molecule has 0 radical (unpaired) electrons. The molecule has 31 heavy (non-hydrogen) atoms. The summed E-state index contributed by atoms with van der Waals surface area (Å²) in [5.41, 5.74) is 4.94. The van der Waals surface area contributed by atoms with Crippen LogP contribution in [0.4, 0.5) is 0 Å². The third kappa shape index (κ3) is 20.5. The number of nitrogens with zero attached hydrogens (tertiary/aromatic N) is 3. The van der Waals surface area contributed by atoms with Gasteiger partial charge in [-0.05, 0) is 11.8 Å². The van der Waals surface area contributed by atoms with Crippen molar-refractivity contribution < 1.29 is 0 Å². The second kappa shape index (κ2) is 26.9. The molecule has 0 saturated heterocycles. The molecule has 0 N–H and O–H groups in total. The zero-order chi connectivity index (χ0) is 23.9. The van der Waals surface area contributed by atoms with Crippen LogP contribution in [-0.4, -0.2) is 15.0 Å². The summed E-state index contributed by atoms with van der Waals surface area (Å²) in [6, 6.07) is 0. The fourth-order valence-electron chi connectivity index (χ4n) is 1.54. The van der Waals surface area contributed by atoms with E-state index >= 15 is 0 Å². The maximum absolute atomic E-state index is 4.13. The second-order valence-corrected chi connectivity index (χ2v) is 8.71. The Balaban J connectivity index is -0.000000155. The van der Waals surface area contributed by atoms with Crippen LogP contribution < -0.4 is 0 Å². The third-order valence-electron chi connectivity index (χ3n) is 3.01. The van der Waals surface area contributed by atoms with Crippen molar-refractivity contribution in [2.75, 3.05) is 0 Å². The van der Waals surface area contributed by atoms with Gasteiger partial charge in [0.2, 0.25) is 0 Å². The molecule has 6 heteroatoms. The maximum Gasteiger partial charge on any atom is 0.0950 e. The van der Waals surface area contributed by atoms with Gasteiger partial charge in [-0.15, -0.1) is 34.0 Å². The first-order valence-electron chi connectivity index (χ1n) is 11.1. The van der Waals surface area contributed by atoms with Gasteiger partial charge in [-0.3, -0.25) is 4.98 Å². The van der Waals surface area contributed by atoms with Crippen molar-refractivity contribution in [1.29, 1.82) is 0 Å². The van der Waals surface area contributed by atoms with Crippen LogP contribution in [0.3, 0.4) is 0 Å². The normalized spacial score (nSPS) is 8.61. The number of hydrogen-bond donors (Lipinski definition) is 0. The molecular weight excluding hydrogens is 438 g/mol. The molecule has 0 fully saturated rings. The Kier molecular flexibility index (Phi) is 32.3. The van der Waals surface area contributed by atoms with Crippen molar-refractivity contribution >= 4 is 34.0 Å². The highest BCUT2D eigenvalue weighted by Gasteiger charge is 1.98. The van der Waals surface area contributed by atoms with E-state index in [9.17, 15) is 0 Å². The van der Waals surface area contributed by atoms with Crippen LogP contribution in [-0.2, 0) is 0 Å². The smallest absolute Gasteiger partial charge is 0.0950 e. The summed E-state index contributed by atoms with van der Waals surface area (Å²) in [4.78, 5) is 13.6. The minimum absolute atomic E-state index is 0. The largest absolute Gasteiger partial charge is 0.253 e. The Morgan fingerprint density at radius 1 is 0.710 bits per heavy atom. The monoisotopic (exact) mass is 487 g/mol. The van der Waals surface area contributed by atoms with E-state index in [1.54, 1.807) is 34.0 Å². The Labute approximate surface area is 206 Å². The molecule has 0 aromatic carbocycles. The summed E-state index contributed by atoms with van der Waals surface area (Å²) in [5, 5.41) is 5.32. The lowest BCUT2D eigenvalue weighted by atomic mass is 10.2. The fourth-order valence-corrected chi connectivity index (χ4v) is 3.55. The van der Waals surface area contributed by atoms with E-state index in [-0.39, 0.29) is 7.43 Å². The van der Waals surface area contributed by atoms with Crippen molar-refractivity contribution in [3.8, 4) is 0 Å². The van der Waals surface area contributed by atoms with Crippen molar-refractivity contribution in [1.82, 2.24) is 15.0 Å². The molecule has 182 valence electrons. The summed E-state index contributed by atoms with van der Waals surface area (Å²) >= 11 is 5.10. The lowest BCUT2D eigenvalue weighted by Gasteiger charge is -1.94. The third-order valence-corrected chi connectivity index (χ3v) is 5.77. The zero-order valence-corrected chi connectivity index (χ0v) is 23.7. The number of hydrogen-bond acceptors (Lipinski definition) is 6. The molecule has 0 aliphatic carbocycles. The molecule has 3 aromatic rings. The van der Waals surface area contributed by atoms with Gasteiger partial charge in [0, 0.05) is 33.9 Å². The molecule has 0 atom stereocenters. The van der Waals surface area contributed by atoms with Gasteiger partial charge in [0.25, 0.3) is 0 Å². The van der Waals surface area contributed by atoms with E-state index in [0.29, 0.717) is 17.8 Å². The van der Waals surface area contributed by atoms with Gasteiger partial charge in [0.15, 0.2) is 0 Å². The highest BCUT2D eigenvalue weighted by atomic mass is 32.1. The number of thiazole rings is 3. The SMILES string of the molecule is C.CC.CC.CC.CC(C)c1cncs1.CC(C)c1cscn1.CC(C)c1nccs1. The summed E-state index contributed by atoms with van der Waals surface area (Å²) in [6.07, 6.45) is 3.77. The highest BCUT2D eigenvalue weighted by molar-refractivity contribution is 7.09. The van der Waals surface area contributed by atoms with E-state index in [1.165, 1.54) is 15.6 Å². The van der Waals surface area contributed by atoms with Crippen LogP contribution in [0.25, 0.3) is 0 Å². The molecule has 0 bridgehead atoms. The van der Waals surface area contributed by atoms with Gasteiger partial charge in [0.05, 0.1) is 21.7 Å². The van der Waals surface area contributed by atoms with Crippen LogP contribution in [0.1, 0.15) is 124 Å². The molecule has 3 rings (SSSR count). The van der Waals surface area contributed by atoms with Gasteiger partial charge < -0.3 is 0 Å². The Morgan fingerprint density at radius 3 is 1.48 bits per heavy atom. The molecule has 0 unspecified atom stereocenters. The first-order chi connectivity index (χ1) is 14.4. The topological polar surface area (TPSA) is 38.7 Å². The van der Waals surface area contributed by atoms with Gasteiger partial charge in [-0.1, -0.05) is 90.5 Å². The van der Waals surface area contributed by atoms with Crippen LogP contribution in [0.15, 0.2) is 34.2 Å². The molecule has 0 spiro atoms. The van der Waals surface area contributed by atoms with Crippen molar-refractivity contribution in [2.24, 2.45) is 0 Å². The van der Waals surface area contributed by atoms with E-state index in [1.807, 2.05) is 70.3 Å². The van der Waals surface area contributed by atoms with Crippen LogP contribution in [0, 0.1) is 0 Å². The predicted molar refractivity (Wildman–Crippen MR) is 149 cm³/mol. The minimum Gasteiger partial charge on any atom is -0.253 e. The van der Waals surface area contributed by atoms with Crippen molar-refractivity contribution in [3.05, 3.63) is 49.8 Å². The Morgan fingerprint density at radius 2 is 1.29 bits per heavy atom. The van der Waals surface area contributed by atoms with E-state index in [4.69, 9.17) is 0 Å². The lowest BCUT2D eigenvalue weighted by Crippen LogP contribution is -1.83. The molecule has 3 nitrogen and oxygen atoms in total. The fraction of sp³-hybridized carbons (Fsp3) is 0.640. The molecule has 3 aromatic heterocycles. The van der Waals surface area contributed by atoms with Crippen LogP contribution in [0.5, 0.6) is 0 Å². The Bertz CT molecular complexity index is 524. The summed E-state index contributed by atoms with van der Waals surface area (Å²) in [7, 11) is 0. The van der Waals surface area contributed by atoms with Crippen LogP contribution >= 0.6 is 34.0 Å². The average Bonchev–Trinajstić information content (AvgIpc) is 3.56. The standard InChI is InChI=1S/3C6H9NS.3C2H6.CH4/c1-5(2)6-3-8-4-7-6;1-5(2)6-3-7-4-8-6;1-5(2)6-7-3-4-8-6;3*1-2;/h3*3-5H,1-2H3;3*1-2H3;1H4. The van der Waals surface area contributed by atoms with Gasteiger partial charge in [-0.2, -0.15) is 0 Å². The van der Waals surface area contributed by atoms with E-state index in [0.717, 1.165) is 0 Å². The zero-order valence-electron chi connectivity index (χ0n) is 21.3. The molecular formula is C25H49N3S3. The molecule has 0 aliphatic rings. The maximum atomic E-state index is 4.13. The van der Waals surface area contributed by atoms with E-state index < -0.39 is 0 Å². The number of aromatic nitrogens is 3. The number of rotatable bonds is 3. The second-order valence-electron chi connectivity index (χ2n) is 6.15. The first kappa shape index (κ1) is 37.2. The van der Waals surface area contributed by atoms with Gasteiger partial charge in [0.1, 0.15) is 0 Å². The predicted octanol–water partition coefficient (Wildman–Crippen LogP) is 10.5. The summed E-state index contributed by atoms with van der Waals surface area (Å²) in [5.74, 6) is 1.82. The summed E-state index contributed by atoms with van der Waals surface area (Å²) in [6.45, 7) is 24.9. The molecule has 0 saturated carbocycles. The quantitative estimate of drug-likeness (QED) is 0.368. The van der Waals surface area contributed by atoms with Gasteiger partial charge >= 0.3 is 0 Å².